The van der Waals surface area contributed by atoms with Gasteiger partial charge in [0, 0.05) is 12.1 Å². The van der Waals surface area contributed by atoms with Crippen LogP contribution in [0.15, 0.2) is 0 Å². The highest BCUT2D eigenvalue weighted by molar-refractivity contribution is 4.91. The fourth-order valence-electron chi connectivity index (χ4n) is 0.738. The highest BCUT2D eigenvalue weighted by Gasteiger charge is 2.40. The van der Waals surface area contributed by atoms with Gasteiger partial charge >= 0.3 is 6.18 Å². The van der Waals surface area contributed by atoms with E-state index < -0.39 is 12.1 Å². The summed E-state index contributed by atoms with van der Waals surface area (Å²) in [6, 6.07) is 1.25. The molecule has 0 spiro atoms. The van der Waals surface area contributed by atoms with E-state index in [-0.39, 0.29) is 12.1 Å². The summed E-state index contributed by atoms with van der Waals surface area (Å²) in [5, 5.41) is 11.0. The van der Waals surface area contributed by atoms with Crippen molar-refractivity contribution in [1.29, 1.82) is 5.26 Å². The van der Waals surface area contributed by atoms with E-state index in [0.29, 0.717) is 6.42 Å². The molecule has 0 radical (unpaired) electrons. The van der Waals surface area contributed by atoms with Crippen LogP contribution in [-0.2, 0) is 0 Å². The molecule has 0 aromatic carbocycles. The van der Waals surface area contributed by atoms with Gasteiger partial charge in [-0.15, -0.1) is 0 Å². The van der Waals surface area contributed by atoms with Crippen LogP contribution in [0.3, 0.4) is 0 Å². The zero-order chi connectivity index (χ0) is 11.4. The van der Waals surface area contributed by atoms with Crippen LogP contribution in [0.5, 0.6) is 0 Å². The number of rotatable bonds is 4. The summed E-state index contributed by atoms with van der Waals surface area (Å²) >= 11 is 0. The van der Waals surface area contributed by atoms with E-state index in [1.807, 2.05) is 6.92 Å². The van der Waals surface area contributed by atoms with Crippen molar-refractivity contribution in [2.24, 2.45) is 5.92 Å². The number of hydrogen-bond acceptors (Lipinski definition) is 2. The van der Waals surface area contributed by atoms with Crippen molar-refractivity contribution in [3.8, 4) is 6.07 Å². The summed E-state index contributed by atoms with van der Waals surface area (Å²) in [6.07, 6.45) is -3.73. The van der Waals surface area contributed by atoms with Gasteiger partial charge in [0.25, 0.3) is 0 Å². The van der Waals surface area contributed by atoms with E-state index in [1.54, 1.807) is 13.8 Å². The fourth-order valence-corrected chi connectivity index (χ4v) is 0.738. The fraction of sp³-hybridized carbons (Fsp3) is 0.889. The monoisotopic (exact) mass is 208 g/mol. The predicted molar refractivity (Wildman–Crippen MR) is 47.5 cm³/mol. The van der Waals surface area contributed by atoms with Crippen LogP contribution in [0.1, 0.15) is 27.2 Å². The van der Waals surface area contributed by atoms with Gasteiger partial charge in [-0.25, -0.2) is 0 Å². The van der Waals surface area contributed by atoms with Gasteiger partial charge in [-0.05, 0) is 20.3 Å². The van der Waals surface area contributed by atoms with Crippen molar-refractivity contribution in [1.82, 2.24) is 5.32 Å². The van der Waals surface area contributed by atoms with E-state index in [1.165, 1.54) is 6.07 Å². The Labute approximate surface area is 82.1 Å². The smallest absolute Gasteiger partial charge is 0.310 e. The van der Waals surface area contributed by atoms with Crippen LogP contribution < -0.4 is 5.32 Å². The van der Waals surface area contributed by atoms with Gasteiger partial charge in [0.1, 0.15) is 0 Å². The van der Waals surface area contributed by atoms with Crippen molar-refractivity contribution in [2.45, 2.75) is 38.9 Å². The minimum atomic E-state index is -4.44. The molecule has 0 heterocycles. The molecule has 0 saturated carbocycles. The van der Waals surface area contributed by atoms with Crippen LogP contribution in [0.4, 0.5) is 13.2 Å². The average Bonchev–Trinajstić information content (AvgIpc) is 2.03. The van der Waals surface area contributed by atoms with E-state index in [0.717, 1.165) is 0 Å². The third kappa shape index (κ3) is 4.47. The Morgan fingerprint density at radius 1 is 1.36 bits per heavy atom. The standard InChI is InChI=1S/C9H15F3N2/c1-4-8(2,3)14-6-7(5-13)9(10,11)12/h7,14H,4,6H2,1-3H3. The van der Waals surface area contributed by atoms with Crippen molar-refractivity contribution in [3.05, 3.63) is 0 Å². The second-order valence-corrected chi connectivity index (χ2v) is 3.84. The molecule has 14 heavy (non-hydrogen) atoms. The Balaban J connectivity index is 4.19. The SMILES string of the molecule is CCC(C)(C)NCC(C#N)C(F)(F)F. The summed E-state index contributed by atoms with van der Waals surface area (Å²) < 4.78 is 36.4. The largest absolute Gasteiger partial charge is 0.405 e. The van der Waals surface area contributed by atoms with E-state index >= 15 is 0 Å². The lowest BCUT2D eigenvalue weighted by Gasteiger charge is -2.26. The molecular formula is C9H15F3N2. The third-order valence-electron chi connectivity index (χ3n) is 2.22. The van der Waals surface area contributed by atoms with Crippen molar-refractivity contribution in [2.75, 3.05) is 6.54 Å². The maximum Gasteiger partial charge on any atom is 0.405 e. The van der Waals surface area contributed by atoms with Crippen molar-refractivity contribution >= 4 is 0 Å². The molecule has 0 aromatic rings. The molecule has 0 amide bonds. The summed E-state index contributed by atoms with van der Waals surface area (Å²) in [6.45, 7) is 5.14. The molecule has 0 bridgehead atoms. The van der Waals surface area contributed by atoms with Gasteiger partial charge in [0.15, 0.2) is 5.92 Å². The van der Waals surface area contributed by atoms with Crippen LogP contribution in [0, 0.1) is 17.2 Å². The molecule has 0 aliphatic carbocycles. The van der Waals surface area contributed by atoms with Crippen LogP contribution >= 0.6 is 0 Å². The Kier molecular flexibility index (Phi) is 4.40. The zero-order valence-electron chi connectivity index (χ0n) is 8.57. The number of nitrogens with one attached hydrogen (secondary N) is 1. The van der Waals surface area contributed by atoms with Gasteiger partial charge in [0.05, 0.1) is 6.07 Å². The molecule has 1 atom stereocenters. The quantitative estimate of drug-likeness (QED) is 0.770. The third-order valence-corrected chi connectivity index (χ3v) is 2.22. The predicted octanol–water partition coefficient (Wildman–Crippen LogP) is 2.47. The molecule has 0 aromatic heterocycles. The Morgan fingerprint density at radius 2 is 1.86 bits per heavy atom. The first-order chi connectivity index (χ1) is 6.23. The lowest BCUT2D eigenvalue weighted by atomic mass is 10.0. The van der Waals surface area contributed by atoms with Crippen LogP contribution in [-0.4, -0.2) is 18.3 Å². The number of hydrogen-bond donors (Lipinski definition) is 1. The summed E-state index contributed by atoms with van der Waals surface area (Å²) in [5.41, 5.74) is -0.361. The topological polar surface area (TPSA) is 35.8 Å². The highest BCUT2D eigenvalue weighted by Crippen LogP contribution is 2.25. The Morgan fingerprint density at radius 3 is 2.14 bits per heavy atom. The first-order valence-corrected chi connectivity index (χ1v) is 4.44. The molecule has 2 nitrogen and oxygen atoms in total. The average molecular weight is 208 g/mol. The van der Waals surface area contributed by atoms with Crippen LogP contribution in [0.25, 0.3) is 0 Å². The molecule has 1 unspecified atom stereocenters. The second-order valence-electron chi connectivity index (χ2n) is 3.84. The van der Waals surface area contributed by atoms with Gasteiger partial charge in [-0.1, -0.05) is 6.92 Å². The normalized spacial score (nSPS) is 14.9. The maximum absolute atomic E-state index is 12.1. The van der Waals surface area contributed by atoms with E-state index in [9.17, 15) is 13.2 Å². The van der Waals surface area contributed by atoms with Crippen molar-refractivity contribution in [3.63, 3.8) is 0 Å². The molecule has 0 aliphatic heterocycles. The summed E-state index contributed by atoms with van der Waals surface area (Å²) in [4.78, 5) is 0. The molecule has 0 fully saturated rings. The van der Waals surface area contributed by atoms with Gasteiger partial charge in [0.2, 0.25) is 0 Å². The molecule has 82 valence electrons. The first-order valence-electron chi connectivity index (χ1n) is 4.44. The molecule has 0 aliphatic rings. The Bertz CT molecular complexity index is 215. The molecule has 5 heteroatoms. The van der Waals surface area contributed by atoms with Gasteiger partial charge in [-0.3, -0.25) is 0 Å². The zero-order valence-corrected chi connectivity index (χ0v) is 8.57. The molecule has 1 N–H and O–H groups in total. The lowest BCUT2D eigenvalue weighted by molar-refractivity contribution is -0.158. The summed E-state index contributed by atoms with van der Waals surface area (Å²) in [5.74, 6) is -1.92. The minimum Gasteiger partial charge on any atom is -0.310 e. The molecular weight excluding hydrogens is 193 g/mol. The number of halogens is 3. The van der Waals surface area contributed by atoms with Gasteiger partial charge < -0.3 is 5.32 Å². The van der Waals surface area contributed by atoms with Crippen molar-refractivity contribution < 1.29 is 13.2 Å². The van der Waals surface area contributed by atoms with Crippen LogP contribution in [0.2, 0.25) is 0 Å². The molecule has 0 rings (SSSR count). The summed E-state index contributed by atoms with van der Waals surface area (Å²) in [7, 11) is 0. The van der Waals surface area contributed by atoms with Gasteiger partial charge in [-0.2, -0.15) is 18.4 Å². The second kappa shape index (κ2) is 4.65. The van der Waals surface area contributed by atoms with E-state index in [4.69, 9.17) is 5.26 Å². The van der Waals surface area contributed by atoms with E-state index in [2.05, 4.69) is 5.32 Å². The minimum absolute atomic E-state index is 0.346. The number of nitrogens with zero attached hydrogens (tertiary/aromatic N) is 1. The molecule has 0 saturated heterocycles. The lowest BCUT2D eigenvalue weighted by Crippen LogP contribution is -2.44. The first kappa shape index (κ1) is 13.2. The number of alkyl halides is 3. The Hall–Kier alpha value is -0.760. The highest BCUT2D eigenvalue weighted by atomic mass is 19.4. The maximum atomic E-state index is 12.1. The number of nitriles is 1.